The molecule has 1 N–H and O–H groups in total. The molecule has 2 amide bonds. The molecule has 41 heavy (non-hydrogen) atoms. The van der Waals surface area contributed by atoms with Gasteiger partial charge in [0.2, 0.25) is 0 Å². The second-order valence-electron chi connectivity index (χ2n) is 12.5. The zero-order valence-corrected chi connectivity index (χ0v) is 24.1. The summed E-state index contributed by atoms with van der Waals surface area (Å²) in [6.45, 7) is 4.30. The number of methoxy groups -OCH3 is 1. The van der Waals surface area contributed by atoms with Crippen LogP contribution in [0.4, 0.5) is 10.5 Å². The van der Waals surface area contributed by atoms with E-state index in [1.165, 1.54) is 38.5 Å². The maximum Gasteiger partial charge on any atom is 0.409 e. The van der Waals surface area contributed by atoms with Crippen molar-refractivity contribution in [3.63, 3.8) is 0 Å². The summed E-state index contributed by atoms with van der Waals surface area (Å²) in [7, 11) is 1.59. The van der Waals surface area contributed by atoms with E-state index >= 15 is 0 Å². The van der Waals surface area contributed by atoms with Gasteiger partial charge in [0.15, 0.2) is 0 Å². The molecule has 7 nitrogen and oxygen atoms in total. The van der Waals surface area contributed by atoms with E-state index in [1.807, 2.05) is 48.5 Å². The lowest BCUT2D eigenvalue weighted by Crippen LogP contribution is -2.48. The Morgan fingerprint density at radius 2 is 1.51 bits per heavy atom. The van der Waals surface area contributed by atoms with Gasteiger partial charge >= 0.3 is 6.09 Å². The van der Waals surface area contributed by atoms with Crippen LogP contribution in [0.25, 0.3) is 0 Å². The number of hydrogen-bond donors (Lipinski definition) is 1. The molecule has 7 heteroatoms. The van der Waals surface area contributed by atoms with Crippen molar-refractivity contribution in [3.8, 4) is 11.8 Å². The van der Waals surface area contributed by atoms with Crippen LogP contribution in [-0.2, 0) is 16.0 Å². The number of hydrogen-bond acceptors (Lipinski definition) is 5. The summed E-state index contributed by atoms with van der Waals surface area (Å²) in [4.78, 5) is 29.0. The average molecular weight is 556 g/mol. The van der Waals surface area contributed by atoms with Gasteiger partial charge in [-0.05, 0) is 98.2 Å². The smallest absolute Gasteiger partial charge is 0.409 e. The van der Waals surface area contributed by atoms with Crippen LogP contribution in [0, 0.1) is 35.0 Å². The number of benzene rings is 2. The molecule has 2 aromatic carbocycles. The van der Waals surface area contributed by atoms with Gasteiger partial charge in [-0.1, -0.05) is 24.0 Å². The number of nitrogens with one attached hydrogen (secondary N) is 1. The molecular formula is C34H41N3O4. The summed E-state index contributed by atoms with van der Waals surface area (Å²) >= 11 is 0. The third-order valence-corrected chi connectivity index (χ3v) is 9.42. The number of ether oxygens (including phenoxy) is 2. The van der Waals surface area contributed by atoms with E-state index in [9.17, 15) is 9.59 Å². The third-order valence-electron chi connectivity index (χ3n) is 9.42. The molecule has 7 rings (SSSR count). The van der Waals surface area contributed by atoms with E-state index in [0.717, 1.165) is 54.2 Å². The molecule has 1 saturated heterocycles. The summed E-state index contributed by atoms with van der Waals surface area (Å²) in [5, 5.41) is 3.02. The van der Waals surface area contributed by atoms with Gasteiger partial charge in [0.25, 0.3) is 5.91 Å². The zero-order chi connectivity index (χ0) is 28.2. The minimum atomic E-state index is -0.280. The lowest BCUT2D eigenvalue weighted by atomic mass is 9.50. The van der Waals surface area contributed by atoms with Crippen molar-refractivity contribution < 1.29 is 19.1 Å². The quantitative estimate of drug-likeness (QED) is 0.366. The molecule has 1 aliphatic heterocycles. The number of piperazine rings is 1. The fourth-order valence-corrected chi connectivity index (χ4v) is 7.72. The first-order chi connectivity index (χ1) is 20.0. The van der Waals surface area contributed by atoms with Crippen molar-refractivity contribution >= 4 is 17.7 Å². The fraction of sp³-hybridized carbons (Fsp3) is 0.529. The van der Waals surface area contributed by atoms with Crippen LogP contribution in [0.2, 0.25) is 0 Å². The molecule has 0 radical (unpaired) electrons. The summed E-state index contributed by atoms with van der Waals surface area (Å²) in [5.74, 6) is 9.78. The van der Waals surface area contributed by atoms with E-state index in [0.29, 0.717) is 25.3 Å². The Bertz CT molecular complexity index is 1250. The molecule has 4 saturated carbocycles. The van der Waals surface area contributed by atoms with Crippen molar-refractivity contribution in [2.75, 3.05) is 51.8 Å². The molecule has 0 atom stereocenters. The van der Waals surface area contributed by atoms with Crippen LogP contribution in [0.5, 0.6) is 0 Å². The predicted octanol–water partition coefficient (Wildman–Crippen LogP) is 5.41. The van der Waals surface area contributed by atoms with Crippen molar-refractivity contribution in [1.29, 1.82) is 0 Å². The maximum absolute atomic E-state index is 12.9. The Morgan fingerprint density at radius 1 is 0.878 bits per heavy atom. The van der Waals surface area contributed by atoms with E-state index in [-0.39, 0.29) is 24.0 Å². The van der Waals surface area contributed by atoms with Crippen molar-refractivity contribution in [2.24, 2.45) is 23.2 Å². The summed E-state index contributed by atoms with van der Waals surface area (Å²) < 4.78 is 10.1. The highest BCUT2D eigenvalue weighted by Crippen LogP contribution is 2.59. The molecule has 5 aliphatic rings. The van der Waals surface area contributed by atoms with E-state index in [1.54, 1.807) is 12.0 Å². The van der Waals surface area contributed by atoms with E-state index in [4.69, 9.17) is 9.47 Å². The predicted molar refractivity (Wildman–Crippen MR) is 158 cm³/mol. The Labute approximate surface area is 243 Å². The van der Waals surface area contributed by atoms with Crippen molar-refractivity contribution in [2.45, 2.75) is 45.1 Å². The highest BCUT2D eigenvalue weighted by atomic mass is 16.6. The second kappa shape index (κ2) is 12.3. The zero-order valence-electron chi connectivity index (χ0n) is 24.1. The third kappa shape index (κ3) is 6.77. The first kappa shape index (κ1) is 27.8. The van der Waals surface area contributed by atoms with Gasteiger partial charge in [0.1, 0.15) is 6.61 Å². The normalized spacial score (nSPS) is 26.8. The lowest BCUT2D eigenvalue weighted by molar-refractivity contribution is -0.0181. The molecule has 1 heterocycles. The average Bonchev–Trinajstić information content (AvgIpc) is 2.97. The standard InChI is InChI=1S/C34H41N3O4/c1-40-16-17-41-33(39)37-14-12-36(13-15-37)24-26-2-6-30(7-3-26)32(38)35-31-8-4-25(5-9-31)10-11-34-21-27-18-28(22-34)20-29(19-27)23-34/h2-9,27-29H,12-24H2,1H3,(H,35,38). The molecule has 4 bridgehead atoms. The number of carbonyl (C=O) groups excluding carboxylic acids is 2. The number of anilines is 1. The molecule has 4 aliphatic carbocycles. The Hall–Kier alpha value is -3.34. The lowest BCUT2D eigenvalue weighted by Gasteiger charge is -2.54. The van der Waals surface area contributed by atoms with Gasteiger partial charge < -0.3 is 19.7 Å². The van der Waals surface area contributed by atoms with Crippen LogP contribution in [-0.4, -0.2) is 68.3 Å². The molecular weight excluding hydrogens is 514 g/mol. The number of rotatable bonds is 7. The summed E-state index contributed by atoms with van der Waals surface area (Å²) in [6, 6.07) is 15.7. The minimum absolute atomic E-state index is 0.121. The molecule has 5 fully saturated rings. The van der Waals surface area contributed by atoms with Crippen molar-refractivity contribution in [3.05, 3.63) is 65.2 Å². The molecule has 2 aromatic rings. The van der Waals surface area contributed by atoms with Crippen LogP contribution >= 0.6 is 0 Å². The first-order valence-corrected chi connectivity index (χ1v) is 15.1. The molecule has 216 valence electrons. The Morgan fingerprint density at radius 3 is 2.12 bits per heavy atom. The fourth-order valence-electron chi connectivity index (χ4n) is 7.72. The second-order valence-corrected chi connectivity index (χ2v) is 12.5. The van der Waals surface area contributed by atoms with Gasteiger partial charge in [0.05, 0.1) is 6.61 Å². The highest BCUT2D eigenvalue weighted by molar-refractivity contribution is 6.04. The maximum atomic E-state index is 12.9. The first-order valence-electron chi connectivity index (χ1n) is 15.1. The molecule has 0 unspecified atom stereocenters. The van der Waals surface area contributed by atoms with Gasteiger partial charge in [-0.2, -0.15) is 0 Å². The monoisotopic (exact) mass is 555 g/mol. The SMILES string of the molecule is COCCOC(=O)N1CCN(Cc2ccc(C(=O)Nc3ccc(C#CC45CC6CC(CC(C6)C4)C5)cc3)cc2)CC1. The topological polar surface area (TPSA) is 71.1 Å². The molecule has 0 spiro atoms. The van der Waals surface area contributed by atoms with Crippen LogP contribution < -0.4 is 5.32 Å². The minimum Gasteiger partial charge on any atom is -0.447 e. The molecule has 0 aromatic heterocycles. The van der Waals surface area contributed by atoms with E-state index in [2.05, 4.69) is 22.1 Å². The van der Waals surface area contributed by atoms with Crippen LogP contribution in [0.1, 0.15) is 60.0 Å². The van der Waals surface area contributed by atoms with Crippen LogP contribution in [0.3, 0.4) is 0 Å². The van der Waals surface area contributed by atoms with Crippen LogP contribution in [0.15, 0.2) is 48.5 Å². The Balaban J connectivity index is 0.969. The highest BCUT2D eigenvalue weighted by Gasteiger charge is 2.50. The number of nitrogens with zero attached hydrogens (tertiary/aromatic N) is 2. The number of amides is 2. The summed E-state index contributed by atoms with van der Waals surface area (Å²) in [6.07, 6.45) is 7.91. The summed E-state index contributed by atoms with van der Waals surface area (Å²) in [5.41, 5.74) is 3.81. The van der Waals surface area contributed by atoms with Gasteiger partial charge in [0, 0.05) is 62.1 Å². The number of carbonyl (C=O) groups is 2. The van der Waals surface area contributed by atoms with Crippen molar-refractivity contribution in [1.82, 2.24) is 9.80 Å². The van der Waals surface area contributed by atoms with E-state index < -0.39 is 0 Å². The van der Waals surface area contributed by atoms with Gasteiger partial charge in [-0.3, -0.25) is 9.69 Å². The Kier molecular flexibility index (Phi) is 8.32. The van der Waals surface area contributed by atoms with Gasteiger partial charge in [-0.25, -0.2) is 4.79 Å². The largest absolute Gasteiger partial charge is 0.447 e. The van der Waals surface area contributed by atoms with Gasteiger partial charge in [-0.15, -0.1) is 0 Å².